The second-order valence-electron chi connectivity index (χ2n) is 8.55. The van der Waals surface area contributed by atoms with Crippen molar-refractivity contribution in [1.82, 2.24) is 9.88 Å². The predicted molar refractivity (Wildman–Crippen MR) is 148 cm³/mol. The van der Waals surface area contributed by atoms with Crippen LogP contribution < -0.4 is 9.80 Å². The molecule has 3 aromatic rings. The minimum Gasteiger partial charge on any atom is -0.302 e. The van der Waals surface area contributed by atoms with Gasteiger partial charge in [-0.25, -0.2) is 13.4 Å². The Balaban J connectivity index is 0.00000380. The molecule has 0 aliphatic carbocycles. The van der Waals surface area contributed by atoms with Crippen molar-refractivity contribution in [1.29, 1.82) is 0 Å². The van der Waals surface area contributed by atoms with Crippen LogP contribution in [0.15, 0.2) is 47.4 Å². The highest BCUT2D eigenvalue weighted by atomic mass is 35.5. The van der Waals surface area contributed by atoms with Crippen molar-refractivity contribution in [3.8, 4) is 0 Å². The van der Waals surface area contributed by atoms with Crippen LogP contribution in [0.2, 0.25) is 0 Å². The molecule has 0 unspecified atom stereocenters. The molecule has 198 valence electrons. The highest BCUT2D eigenvalue weighted by Gasteiger charge is 2.30. The summed E-state index contributed by atoms with van der Waals surface area (Å²) in [4.78, 5) is 47.5. The topological polar surface area (TPSA) is 108 Å². The van der Waals surface area contributed by atoms with Crippen LogP contribution in [0.1, 0.15) is 37.0 Å². The summed E-state index contributed by atoms with van der Waals surface area (Å²) < 4.78 is 24.6. The molecule has 1 fully saturated rings. The number of rotatable bonds is 9. The largest absolute Gasteiger partial charge is 0.302 e. The first-order chi connectivity index (χ1) is 17.1. The van der Waals surface area contributed by atoms with Gasteiger partial charge in [0.05, 0.1) is 20.8 Å². The van der Waals surface area contributed by atoms with Crippen molar-refractivity contribution >= 4 is 72.3 Å². The van der Waals surface area contributed by atoms with E-state index in [4.69, 9.17) is 0 Å². The van der Waals surface area contributed by atoms with E-state index < -0.39 is 9.84 Å². The first-order valence-corrected chi connectivity index (χ1v) is 14.4. The molecule has 0 N–H and O–H groups in total. The van der Waals surface area contributed by atoms with Gasteiger partial charge >= 0.3 is 0 Å². The zero-order valence-electron chi connectivity index (χ0n) is 20.8. The number of nitrogens with zero attached hydrogens (tertiary/aromatic N) is 4. The van der Waals surface area contributed by atoms with Crippen LogP contribution in [0.5, 0.6) is 0 Å². The van der Waals surface area contributed by atoms with E-state index in [1.807, 2.05) is 0 Å². The van der Waals surface area contributed by atoms with E-state index in [0.29, 0.717) is 39.7 Å². The maximum absolute atomic E-state index is 13.6. The van der Waals surface area contributed by atoms with Gasteiger partial charge < -0.3 is 4.90 Å². The molecule has 2 heterocycles. The molecule has 1 aliphatic rings. The molecule has 0 radical (unpaired) electrons. The molecule has 1 aliphatic heterocycles. The van der Waals surface area contributed by atoms with E-state index in [9.17, 15) is 22.8 Å². The molecule has 0 saturated carbocycles. The summed E-state index contributed by atoms with van der Waals surface area (Å²) in [5, 5.41) is 0.474. The summed E-state index contributed by atoms with van der Waals surface area (Å²) in [6.07, 6.45) is 1.54. The van der Waals surface area contributed by atoms with E-state index in [2.05, 4.69) is 23.7 Å². The Hall–Kier alpha value is -2.86. The maximum atomic E-state index is 13.6. The Morgan fingerprint density at radius 2 is 1.62 bits per heavy atom. The normalized spacial score (nSPS) is 13.9. The van der Waals surface area contributed by atoms with Gasteiger partial charge in [-0.15, -0.1) is 12.4 Å². The number of benzene rings is 2. The Morgan fingerprint density at radius 1 is 1.00 bits per heavy atom. The standard InChI is InChI=1S/C25H28N4O5S2.ClH/c1-4-27(5-2)14-15-28(25-26-20-11-10-19(36(3,33)34)16-21(20)35-25)24(32)17-6-8-18(9-7-17)29-22(30)12-13-23(29)31;/h6-11,16H,4-5,12-15H2,1-3H3;1H. The molecule has 3 amide bonds. The first-order valence-electron chi connectivity index (χ1n) is 11.7. The predicted octanol–water partition coefficient (Wildman–Crippen LogP) is 3.76. The third-order valence-corrected chi connectivity index (χ3v) is 8.36. The SMILES string of the molecule is CCN(CC)CCN(C(=O)c1ccc(N2C(=O)CCC2=O)cc1)c1nc2ccc(S(C)(=O)=O)cc2s1.Cl. The molecular formula is C25H29ClN4O5S2. The Bertz CT molecular complexity index is 1400. The minimum atomic E-state index is -3.37. The van der Waals surface area contributed by atoms with Gasteiger partial charge in [0.25, 0.3) is 5.91 Å². The summed E-state index contributed by atoms with van der Waals surface area (Å²) in [7, 11) is -3.37. The van der Waals surface area contributed by atoms with E-state index >= 15 is 0 Å². The van der Waals surface area contributed by atoms with Crippen LogP contribution in [0.25, 0.3) is 10.2 Å². The number of amides is 3. The molecule has 4 rings (SSSR count). The molecule has 0 spiro atoms. The Morgan fingerprint density at radius 3 is 2.19 bits per heavy atom. The van der Waals surface area contributed by atoms with E-state index in [1.54, 1.807) is 41.3 Å². The van der Waals surface area contributed by atoms with E-state index in [-0.39, 0.29) is 47.9 Å². The van der Waals surface area contributed by atoms with Crippen molar-refractivity contribution in [2.24, 2.45) is 0 Å². The fourth-order valence-electron chi connectivity index (χ4n) is 4.08. The van der Waals surface area contributed by atoms with Crippen LogP contribution in [-0.4, -0.2) is 68.5 Å². The number of aromatic nitrogens is 1. The number of halogens is 1. The number of imide groups is 1. The molecule has 1 aromatic heterocycles. The third-order valence-electron chi connectivity index (χ3n) is 6.21. The number of fused-ring (bicyclic) bond motifs is 1. The number of likely N-dealkylation sites (N-methyl/N-ethyl adjacent to an activating group) is 1. The molecule has 9 nitrogen and oxygen atoms in total. The third kappa shape index (κ3) is 6.18. The van der Waals surface area contributed by atoms with Crippen LogP contribution in [-0.2, 0) is 19.4 Å². The Kier molecular flexibility index (Phi) is 9.06. The average Bonchev–Trinajstić information content (AvgIpc) is 3.43. The van der Waals surface area contributed by atoms with Gasteiger partial charge in [-0.05, 0) is 55.6 Å². The fraction of sp³-hybridized carbons (Fsp3) is 0.360. The zero-order chi connectivity index (χ0) is 26.0. The highest BCUT2D eigenvalue weighted by Crippen LogP contribution is 2.32. The fourth-order valence-corrected chi connectivity index (χ4v) is 5.83. The van der Waals surface area contributed by atoms with Crippen molar-refractivity contribution in [3.05, 3.63) is 48.0 Å². The summed E-state index contributed by atoms with van der Waals surface area (Å²) in [5.41, 5.74) is 1.46. The maximum Gasteiger partial charge on any atom is 0.260 e. The van der Waals surface area contributed by atoms with Crippen LogP contribution in [0, 0.1) is 0 Å². The molecule has 1 saturated heterocycles. The molecule has 37 heavy (non-hydrogen) atoms. The van der Waals surface area contributed by atoms with Gasteiger partial charge in [-0.2, -0.15) is 0 Å². The second-order valence-corrected chi connectivity index (χ2v) is 11.6. The minimum absolute atomic E-state index is 0. The van der Waals surface area contributed by atoms with Crippen LogP contribution in [0.4, 0.5) is 10.8 Å². The van der Waals surface area contributed by atoms with Crippen molar-refractivity contribution in [3.63, 3.8) is 0 Å². The van der Waals surface area contributed by atoms with Gasteiger partial charge in [-0.1, -0.05) is 25.2 Å². The van der Waals surface area contributed by atoms with Gasteiger partial charge in [0.15, 0.2) is 15.0 Å². The van der Waals surface area contributed by atoms with Crippen molar-refractivity contribution < 1.29 is 22.8 Å². The lowest BCUT2D eigenvalue weighted by atomic mass is 10.1. The van der Waals surface area contributed by atoms with E-state index in [0.717, 1.165) is 24.2 Å². The number of anilines is 2. The van der Waals surface area contributed by atoms with Crippen molar-refractivity contribution in [2.45, 2.75) is 31.6 Å². The lowest BCUT2D eigenvalue weighted by Gasteiger charge is -2.25. The van der Waals surface area contributed by atoms with Crippen LogP contribution >= 0.6 is 23.7 Å². The zero-order valence-corrected chi connectivity index (χ0v) is 23.3. The average molecular weight is 565 g/mol. The number of carbonyl (C=O) groups is 3. The molecule has 0 bridgehead atoms. The summed E-state index contributed by atoms with van der Waals surface area (Å²) >= 11 is 1.26. The number of sulfone groups is 1. The van der Waals surface area contributed by atoms with Crippen molar-refractivity contribution in [2.75, 3.05) is 42.2 Å². The van der Waals surface area contributed by atoms with Gasteiger partial charge in [0.2, 0.25) is 11.8 Å². The van der Waals surface area contributed by atoms with Gasteiger partial charge in [-0.3, -0.25) is 24.2 Å². The first kappa shape index (κ1) is 28.7. The highest BCUT2D eigenvalue weighted by molar-refractivity contribution is 7.90. The molecular weight excluding hydrogens is 536 g/mol. The summed E-state index contributed by atoms with van der Waals surface area (Å²) in [6.45, 7) is 6.81. The number of hydrogen-bond donors (Lipinski definition) is 0. The lowest BCUT2D eigenvalue weighted by molar-refractivity contribution is -0.121. The Labute approximate surface area is 226 Å². The smallest absolute Gasteiger partial charge is 0.260 e. The molecule has 12 heteroatoms. The number of carbonyl (C=O) groups excluding carboxylic acids is 3. The summed E-state index contributed by atoms with van der Waals surface area (Å²) in [6, 6.07) is 11.2. The van der Waals surface area contributed by atoms with Gasteiger partial charge in [0.1, 0.15) is 0 Å². The van der Waals surface area contributed by atoms with Gasteiger partial charge in [0, 0.05) is 37.8 Å². The monoisotopic (exact) mass is 564 g/mol. The van der Waals surface area contributed by atoms with E-state index in [1.165, 1.54) is 17.4 Å². The summed E-state index contributed by atoms with van der Waals surface area (Å²) in [5.74, 6) is -0.763. The molecule has 0 atom stereocenters. The second kappa shape index (κ2) is 11.7. The molecule has 2 aromatic carbocycles. The number of hydrogen-bond acceptors (Lipinski definition) is 8. The lowest BCUT2D eigenvalue weighted by Crippen LogP contribution is -2.39. The quantitative estimate of drug-likeness (QED) is 0.364. The number of thiazole rings is 1. The van der Waals surface area contributed by atoms with Crippen LogP contribution in [0.3, 0.4) is 0 Å².